The van der Waals surface area contributed by atoms with E-state index in [1.807, 2.05) is 11.4 Å². The molecule has 0 aliphatic heterocycles. The van der Waals surface area contributed by atoms with Crippen LogP contribution in [0.15, 0.2) is 34.1 Å². The quantitative estimate of drug-likeness (QED) is 0.730. The highest BCUT2D eigenvalue weighted by molar-refractivity contribution is 9.10. The van der Waals surface area contributed by atoms with Gasteiger partial charge in [0.2, 0.25) is 5.91 Å². The molecule has 0 aliphatic carbocycles. The summed E-state index contributed by atoms with van der Waals surface area (Å²) in [5, 5.41) is 5.50. The standard InChI is InChI=1S/C16H19BrN2O3S2/c1-11(2)16-19-14(8-23-16)7-18-15(20)10-24(21,22)9-12-4-3-5-13(17)6-12/h3-6,8,11H,7,9-10H2,1-2H3,(H,18,20). The number of amides is 1. The highest BCUT2D eigenvalue weighted by Gasteiger charge is 2.18. The van der Waals surface area contributed by atoms with Crippen LogP contribution >= 0.6 is 27.3 Å². The van der Waals surface area contributed by atoms with Crippen molar-refractivity contribution < 1.29 is 13.2 Å². The molecule has 1 heterocycles. The number of nitrogens with zero attached hydrogens (tertiary/aromatic N) is 1. The predicted octanol–water partition coefficient (Wildman–Crippen LogP) is 3.26. The highest BCUT2D eigenvalue weighted by Crippen LogP contribution is 2.19. The van der Waals surface area contributed by atoms with E-state index in [0.717, 1.165) is 15.2 Å². The second kappa shape index (κ2) is 8.22. The van der Waals surface area contributed by atoms with Crippen LogP contribution in [0, 0.1) is 0 Å². The van der Waals surface area contributed by atoms with Crippen molar-refractivity contribution in [3.63, 3.8) is 0 Å². The van der Waals surface area contributed by atoms with Gasteiger partial charge in [-0.05, 0) is 17.7 Å². The van der Waals surface area contributed by atoms with Gasteiger partial charge in [-0.3, -0.25) is 4.79 Å². The number of sulfone groups is 1. The predicted molar refractivity (Wildman–Crippen MR) is 99.7 cm³/mol. The maximum atomic E-state index is 12.1. The molecule has 0 unspecified atom stereocenters. The van der Waals surface area contributed by atoms with E-state index in [9.17, 15) is 13.2 Å². The van der Waals surface area contributed by atoms with Crippen LogP contribution in [0.1, 0.15) is 36.0 Å². The third-order valence-electron chi connectivity index (χ3n) is 3.16. The van der Waals surface area contributed by atoms with Gasteiger partial charge in [0.1, 0.15) is 5.75 Å². The summed E-state index contributed by atoms with van der Waals surface area (Å²) in [6, 6.07) is 7.05. The Kier molecular flexibility index (Phi) is 6.54. The van der Waals surface area contributed by atoms with Gasteiger partial charge in [-0.1, -0.05) is 41.9 Å². The number of halogens is 1. The minimum absolute atomic E-state index is 0.159. The minimum Gasteiger partial charge on any atom is -0.350 e. The number of thiazole rings is 1. The molecule has 0 fully saturated rings. The van der Waals surface area contributed by atoms with Gasteiger partial charge in [0.05, 0.1) is 23.0 Å². The lowest BCUT2D eigenvalue weighted by Gasteiger charge is -2.06. The second-order valence-corrected chi connectivity index (χ2v) is 9.64. The van der Waals surface area contributed by atoms with Crippen molar-refractivity contribution >= 4 is 43.0 Å². The van der Waals surface area contributed by atoms with Crippen molar-refractivity contribution in [3.05, 3.63) is 50.4 Å². The van der Waals surface area contributed by atoms with Crippen LogP contribution in [-0.2, 0) is 26.9 Å². The molecule has 0 radical (unpaired) electrons. The van der Waals surface area contributed by atoms with E-state index in [1.165, 1.54) is 0 Å². The van der Waals surface area contributed by atoms with Crippen molar-refractivity contribution in [2.75, 3.05) is 5.75 Å². The summed E-state index contributed by atoms with van der Waals surface area (Å²) < 4.78 is 25.1. The van der Waals surface area contributed by atoms with Gasteiger partial charge in [0.25, 0.3) is 0 Å². The average molecular weight is 431 g/mol. The zero-order valence-corrected chi connectivity index (χ0v) is 16.7. The first-order valence-corrected chi connectivity index (χ1v) is 10.9. The number of nitrogens with one attached hydrogen (secondary N) is 1. The molecule has 8 heteroatoms. The van der Waals surface area contributed by atoms with E-state index >= 15 is 0 Å². The molecule has 1 aromatic heterocycles. The summed E-state index contributed by atoms with van der Waals surface area (Å²) >= 11 is 4.84. The van der Waals surface area contributed by atoms with E-state index in [0.29, 0.717) is 11.5 Å². The van der Waals surface area contributed by atoms with Crippen LogP contribution in [0.5, 0.6) is 0 Å². The molecule has 0 spiro atoms. The topological polar surface area (TPSA) is 76.1 Å². The van der Waals surface area contributed by atoms with Crippen LogP contribution in [0.4, 0.5) is 0 Å². The smallest absolute Gasteiger partial charge is 0.235 e. The van der Waals surface area contributed by atoms with Crippen LogP contribution < -0.4 is 5.32 Å². The monoisotopic (exact) mass is 430 g/mol. The molecule has 1 amide bonds. The first kappa shape index (κ1) is 19.1. The fourth-order valence-electron chi connectivity index (χ4n) is 2.04. The van der Waals surface area contributed by atoms with Crippen molar-refractivity contribution in [3.8, 4) is 0 Å². The normalized spacial score (nSPS) is 11.7. The Morgan fingerprint density at radius 2 is 2.12 bits per heavy atom. The van der Waals surface area contributed by atoms with Crippen molar-refractivity contribution in [1.82, 2.24) is 10.3 Å². The number of hydrogen-bond acceptors (Lipinski definition) is 5. The fraction of sp³-hybridized carbons (Fsp3) is 0.375. The lowest BCUT2D eigenvalue weighted by molar-refractivity contribution is -0.118. The van der Waals surface area contributed by atoms with E-state index < -0.39 is 21.5 Å². The molecule has 0 saturated heterocycles. The van der Waals surface area contributed by atoms with Crippen LogP contribution in [0.2, 0.25) is 0 Å². The molecule has 0 bridgehead atoms. The first-order chi connectivity index (χ1) is 11.2. The molecule has 0 saturated carbocycles. The largest absolute Gasteiger partial charge is 0.350 e. The Labute approximate surface area is 154 Å². The lowest BCUT2D eigenvalue weighted by atomic mass is 10.2. The summed E-state index contributed by atoms with van der Waals surface area (Å²) in [5.74, 6) is -0.858. The molecule has 1 aromatic carbocycles. The lowest BCUT2D eigenvalue weighted by Crippen LogP contribution is -2.30. The van der Waals surface area contributed by atoms with Gasteiger partial charge in [-0.2, -0.15) is 0 Å². The zero-order chi connectivity index (χ0) is 17.7. The van der Waals surface area contributed by atoms with Crippen molar-refractivity contribution in [2.45, 2.75) is 32.1 Å². The minimum atomic E-state index is -3.51. The van der Waals surface area contributed by atoms with Crippen molar-refractivity contribution in [2.24, 2.45) is 0 Å². The molecule has 1 N–H and O–H groups in total. The van der Waals surface area contributed by atoms with E-state index in [4.69, 9.17) is 0 Å². The molecular weight excluding hydrogens is 412 g/mol. The Morgan fingerprint density at radius 1 is 1.38 bits per heavy atom. The maximum absolute atomic E-state index is 12.1. The molecule has 5 nitrogen and oxygen atoms in total. The third-order valence-corrected chi connectivity index (χ3v) is 6.32. The summed E-state index contributed by atoms with van der Waals surface area (Å²) in [5.41, 5.74) is 1.40. The van der Waals surface area contributed by atoms with Crippen LogP contribution in [-0.4, -0.2) is 25.1 Å². The Bertz CT molecular complexity index is 816. The Morgan fingerprint density at radius 3 is 2.75 bits per heavy atom. The van der Waals surface area contributed by atoms with Gasteiger partial charge in [-0.25, -0.2) is 13.4 Å². The molecule has 24 heavy (non-hydrogen) atoms. The molecule has 0 atom stereocenters. The Hall–Kier alpha value is -1.25. The summed E-state index contributed by atoms with van der Waals surface area (Å²) in [4.78, 5) is 16.3. The molecule has 2 rings (SSSR count). The summed E-state index contributed by atoms with van der Waals surface area (Å²) in [6.45, 7) is 4.35. The number of aromatic nitrogens is 1. The molecule has 130 valence electrons. The molecule has 2 aromatic rings. The van der Waals surface area contributed by atoms with E-state index in [2.05, 4.69) is 40.1 Å². The number of rotatable bonds is 7. The van der Waals surface area contributed by atoms with Crippen LogP contribution in [0.25, 0.3) is 0 Å². The van der Waals surface area contributed by atoms with E-state index in [1.54, 1.807) is 29.5 Å². The van der Waals surface area contributed by atoms with Gasteiger partial charge in [0, 0.05) is 15.8 Å². The maximum Gasteiger partial charge on any atom is 0.235 e. The van der Waals surface area contributed by atoms with Gasteiger partial charge in [0.15, 0.2) is 9.84 Å². The summed E-state index contributed by atoms with van der Waals surface area (Å²) in [6.07, 6.45) is 0. The molecule has 0 aliphatic rings. The first-order valence-electron chi connectivity index (χ1n) is 7.41. The van der Waals surface area contributed by atoms with Gasteiger partial charge >= 0.3 is 0 Å². The zero-order valence-electron chi connectivity index (χ0n) is 13.5. The van der Waals surface area contributed by atoms with E-state index in [-0.39, 0.29) is 12.3 Å². The fourth-order valence-corrected chi connectivity index (χ4v) is 4.61. The number of benzene rings is 1. The van der Waals surface area contributed by atoms with Crippen molar-refractivity contribution in [1.29, 1.82) is 0 Å². The Balaban J connectivity index is 1.88. The highest BCUT2D eigenvalue weighted by atomic mass is 79.9. The number of carbonyl (C=O) groups excluding carboxylic acids is 1. The third kappa shape index (κ3) is 5.99. The van der Waals surface area contributed by atoms with Crippen LogP contribution in [0.3, 0.4) is 0 Å². The second-order valence-electron chi connectivity index (χ2n) is 5.77. The summed E-state index contributed by atoms with van der Waals surface area (Å²) in [7, 11) is -3.51. The van der Waals surface area contributed by atoms with Gasteiger partial charge in [-0.15, -0.1) is 11.3 Å². The number of hydrogen-bond donors (Lipinski definition) is 1. The van der Waals surface area contributed by atoms with Gasteiger partial charge < -0.3 is 5.32 Å². The number of carbonyl (C=O) groups is 1. The SMILES string of the molecule is CC(C)c1nc(CNC(=O)CS(=O)(=O)Cc2cccc(Br)c2)cs1. The molecular formula is C16H19BrN2O3S2. The average Bonchev–Trinajstić information content (AvgIpc) is 2.93.